The second-order valence-electron chi connectivity index (χ2n) is 7.95. The first-order chi connectivity index (χ1) is 13.7. The van der Waals surface area contributed by atoms with Crippen LogP contribution in [-0.2, 0) is 19.4 Å². The Morgan fingerprint density at radius 2 is 1.93 bits per heavy atom. The Kier molecular flexibility index (Phi) is 4.69. The van der Waals surface area contributed by atoms with Crippen LogP contribution in [0.2, 0.25) is 0 Å². The molecule has 146 valence electrons. The van der Waals surface area contributed by atoms with Gasteiger partial charge in [-0.05, 0) is 61.4 Å². The van der Waals surface area contributed by atoms with Gasteiger partial charge in [-0.1, -0.05) is 0 Å². The van der Waals surface area contributed by atoms with Gasteiger partial charge in [0.1, 0.15) is 5.58 Å². The van der Waals surface area contributed by atoms with Crippen LogP contribution in [0.5, 0.6) is 0 Å². The van der Waals surface area contributed by atoms with E-state index in [0.717, 1.165) is 79.3 Å². The van der Waals surface area contributed by atoms with Gasteiger partial charge in [0.15, 0.2) is 5.13 Å². The molecular formula is C22H25N3O2S. The Bertz CT molecular complexity index is 1070. The van der Waals surface area contributed by atoms with Crippen LogP contribution >= 0.6 is 11.3 Å². The van der Waals surface area contributed by atoms with Gasteiger partial charge in [-0.3, -0.25) is 4.90 Å². The molecule has 1 aromatic carbocycles. The van der Waals surface area contributed by atoms with Crippen molar-refractivity contribution in [2.45, 2.75) is 39.2 Å². The summed E-state index contributed by atoms with van der Waals surface area (Å²) in [5.41, 5.74) is 5.46. The van der Waals surface area contributed by atoms with E-state index in [0.29, 0.717) is 0 Å². The molecule has 0 bridgehead atoms. The van der Waals surface area contributed by atoms with E-state index in [1.807, 2.05) is 6.92 Å². The van der Waals surface area contributed by atoms with Gasteiger partial charge in [-0.2, -0.15) is 0 Å². The Labute approximate surface area is 168 Å². The molecule has 28 heavy (non-hydrogen) atoms. The largest absolute Gasteiger partial charge is 0.423 e. The van der Waals surface area contributed by atoms with Crippen molar-refractivity contribution in [3.63, 3.8) is 0 Å². The first kappa shape index (κ1) is 17.9. The summed E-state index contributed by atoms with van der Waals surface area (Å²) in [6.07, 6.45) is 4.53. The first-order valence-electron chi connectivity index (χ1n) is 10.1. The maximum Gasteiger partial charge on any atom is 0.336 e. The molecule has 5 nitrogen and oxygen atoms in total. The van der Waals surface area contributed by atoms with Crippen molar-refractivity contribution in [1.82, 2.24) is 9.88 Å². The van der Waals surface area contributed by atoms with E-state index in [2.05, 4.69) is 32.3 Å². The number of hydrogen-bond donors (Lipinski definition) is 0. The molecule has 0 N–H and O–H groups in total. The summed E-state index contributed by atoms with van der Waals surface area (Å²) in [5.74, 6) is 0. The molecule has 2 aliphatic rings. The molecule has 0 unspecified atom stereocenters. The highest BCUT2D eigenvalue weighted by molar-refractivity contribution is 7.13. The van der Waals surface area contributed by atoms with E-state index in [4.69, 9.17) is 4.42 Å². The topological polar surface area (TPSA) is 49.6 Å². The summed E-state index contributed by atoms with van der Waals surface area (Å²) < 4.78 is 5.53. The zero-order valence-electron chi connectivity index (χ0n) is 16.2. The minimum atomic E-state index is -0.241. The fraction of sp³-hybridized carbons (Fsp3) is 0.455. The molecule has 0 atom stereocenters. The van der Waals surface area contributed by atoms with Gasteiger partial charge < -0.3 is 9.32 Å². The highest BCUT2D eigenvalue weighted by atomic mass is 32.1. The van der Waals surface area contributed by atoms with E-state index in [1.54, 1.807) is 17.4 Å². The Hall–Kier alpha value is -2.18. The minimum absolute atomic E-state index is 0.241. The van der Waals surface area contributed by atoms with Crippen molar-refractivity contribution in [2.75, 3.05) is 31.1 Å². The van der Waals surface area contributed by atoms with Crippen LogP contribution in [0.4, 0.5) is 5.13 Å². The number of aromatic nitrogens is 1. The van der Waals surface area contributed by atoms with E-state index in [9.17, 15) is 4.79 Å². The monoisotopic (exact) mass is 395 g/mol. The van der Waals surface area contributed by atoms with Crippen LogP contribution in [-0.4, -0.2) is 36.1 Å². The number of hydrogen-bond acceptors (Lipinski definition) is 6. The number of aryl methyl sites for hydroxylation is 3. The lowest BCUT2D eigenvalue weighted by Crippen LogP contribution is -2.30. The fourth-order valence-corrected chi connectivity index (χ4v) is 5.33. The number of anilines is 1. The molecular weight excluding hydrogens is 370 g/mol. The second kappa shape index (κ2) is 7.33. The maximum atomic E-state index is 12.2. The average Bonchev–Trinajstić information content (AvgIpc) is 3.24. The summed E-state index contributed by atoms with van der Waals surface area (Å²) in [6, 6.07) is 6.05. The number of fused-ring (bicyclic) bond motifs is 2. The van der Waals surface area contributed by atoms with Gasteiger partial charge in [0.05, 0.1) is 5.69 Å². The smallest absolute Gasteiger partial charge is 0.336 e. The highest BCUT2D eigenvalue weighted by Gasteiger charge is 2.20. The summed E-state index contributed by atoms with van der Waals surface area (Å²) >= 11 is 1.73. The lowest BCUT2D eigenvalue weighted by Gasteiger charge is -2.22. The third-order valence-corrected chi connectivity index (χ3v) is 6.92. The number of nitrogens with zero attached hydrogens (tertiary/aromatic N) is 3. The van der Waals surface area contributed by atoms with Crippen molar-refractivity contribution < 1.29 is 4.42 Å². The van der Waals surface area contributed by atoms with Crippen molar-refractivity contribution in [2.24, 2.45) is 0 Å². The average molecular weight is 396 g/mol. The zero-order valence-corrected chi connectivity index (χ0v) is 17.1. The van der Waals surface area contributed by atoms with E-state index in [1.165, 1.54) is 17.5 Å². The van der Waals surface area contributed by atoms with Crippen LogP contribution in [0.15, 0.2) is 32.8 Å². The van der Waals surface area contributed by atoms with Crippen LogP contribution in [0.25, 0.3) is 11.0 Å². The second-order valence-corrected chi connectivity index (χ2v) is 8.79. The van der Waals surface area contributed by atoms with Crippen molar-refractivity contribution in [3.8, 4) is 0 Å². The molecule has 3 heterocycles. The number of rotatable bonds is 3. The van der Waals surface area contributed by atoms with Crippen LogP contribution in [0, 0.1) is 6.92 Å². The van der Waals surface area contributed by atoms with Crippen LogP contribution in [0.3, 0.4) is 0 Å². The van der Waals surface area contributed by atoms with E-state index >= 15 is 0 Å². The fourth-order valence-electron chi connectivity index (χ4n) is 4.47. The van der Waals surface area contributed by atoms with Gasteiger partial charge in [0, 0.05) is 49.6 Å². The number of thiazole rings is 1. The van der Waals surface area contributed by atoms with Gasteiger partial charge in [0.25, 0.3) is 0 Å². The van der Waals surface area contributed by atoms with Gasteiger partial charge >= 0.3 is 5.63 Å². The van der Waals surface area contributed by atoms with E-state index in [-0.39, 0.29) is 5.63 Å². The molecule has 1 fully saturated rings. The van der Waals surface area contributed by atoms with E-state index < -0.39 is 0 Å². The summed E-state index contributed by atoms with van der Waals surface area (Å²) in [6.45, 7) is 6.87. The lowest BCUT2D eigenvalue weighted by atomic mass is 10.0. The van der Waals surface area contributed by atoms with Crippen molar-refractivity contribution in [1.29, 1.82) is 0 Å². The molecule has 5 rings (SSSR count). The summed E-state index contributed by atoms with van der Waals surface area (Å²) in [4.78, 5) is 21.6. The molecule has 0 radical (unpaired) electrons. The van der Waals surface area contributed by atoms with Gasteiger partial charge in [-0.25, -0.2) is 9.78 Å². The SMILES string of the molecule is Cc1csc(N2CCCN(Cc3cc(=O)oc4cc5c(cc34)CCC5)CC2)n1. The predicted octanol–water partition coefficient (Wildman–Crippen LogP) is 3.76. The van der Waals surface area contributed by atoms with Crippen molar-refractivity contribution >= 4 is 27.4 Å². The molecule has 1 aliphatic heterocycles. The van der Waals surface area contributed by atoms with Crippen molar-refractivity contribution in [3.05, 3.63) is 56.4 Å². The third kappa shape index (κ3) is 3.47. The van der Waals surface area contributed by atoms with Crippen LogP contribution < -0.4 is 10.5 Å². The highest BCUT2D eigenvalue weighted by Crippen LogP contribution is 2.29. The summed E-state index contributed by atoms with van der Waals surface area (Å²) in [5, 5.41) is 4.35. The lowest BCUT2D eigenvalue weighted by molar-refractivity contribution is 0.286. The molecule has 0 amide bonds. The quantitative estimate of drug-likeness (QED) is 0.632. The zero-order chi connectivity index (χ0) is 19.1. The van der Waals surface area contributed by atoms with Gasteiger partial charge in [-0.15, -0.1) is 11.3 Å². The molecule has 0 spiro atoms. The normalized spacial score (nSPS) is 17.8. The predicted molar refractivity (Wildman–Crippen MR) is 113 cm³/mol. The molecule has 2 aromatic heterocycles. The Morgan fingerprint density at radius 1 is 1.07 bits per heavy atom. The Morgan fingerprint density at radius 3 is 2.75 bits per heavy atom. The molecule has 0 saturated carbocycles. The van der Waals surface area contributed by atoms with Crippen LogP contribution in [0.1, 0.15) is 35.2 Å². The maximum absolute atomic E-state index is 12.2. The van der Waals surface area contributed by atoms with Gasteiger partial charge in [0.2, 0.25) is 0 Å². The summed E-state index contributed by atoms with van der Waals surface area (Å²) in [7, 11) is 0. The molecule has 1 aliphatic carbocycles. The third-order valence-electron chi connectivity index (χ3n) is 5.90. The first-order valence-corrected chi connectivity index (χ1v) is 11.0. The minimum Gasteiger partial charge on any atom is -0.423 e. The number of benzene rings is 1. The molecule has 3 aromatic rings. The molecule has 1 saturated heterocycles. The molecule has 6 heteroatoms. The Balaban J connectivity index is 1.38. The standard InChI is InChI=1S/C22H25N3O2S/c1-15-14-28-22(23-15)25-7-3-6-24(8-9-25)13-18-12-21(26)27-20-11-17-5-2-4-16(17)10-19(18)20/h10-12,14H,2-9,13H2,1H3.